The van der Waals surface area contributed by atoms with Crippen LogP contribution in [0.25, 0.3) is 0 Å². The summed E-state index contributed by atoms with van der Waals surface area (Å²) in [4.78, 5) is 3.92. The Kier molecular flexibility index (Phi) is 7.22. The fraction of sp³-hybridized carbons (Fsp3) is 0.643. The summed E-state index contributed by atoms with van der Waals surface area (Å²) in [6.45, 7) is 5.00. The lowest BCUT2D eigenvalue weighted by molar-refractivity contribution is 0.255. The van der Waals surface area contributed by atoms with Crippen LogP contribution in [-0.4, -0.2) is 29.8 Å². The molecule has 1 unspecified atom stereocenters. The number of aromatic nitrogens is 1. The largest absolute Gasteiger partial charge is 0.396 e. The lowest BCUT2D eigenvalue weighted by Gasteiger charge is -2.17. The van der Waals surface area contributed by atoms with Crippen molar-refractivity contribution in [3.63, 3.8) is 0 Å². The maximum Gasteiger partial charge on any atom is 0.168 e. The van der Waals surface area contributed by atoms with Crippen LogP contribution in [0.2, 0.25) is 0 Å². The number of hydrogen-bond acceptors (Lipinski definition) is 4. The molecule has 1 aromatic rings. The van der Waals surface area contributed by atoms with Gasteiger partial charge in [0.05, 0.1) is 0 Å². The summed E-state index contributed by atoms with van der Waals surface area (Å²) in [5.74, 6) is -1.07. The number of halogens is 2. The third-order valence-corrected chi connectivity index (χ3v) is 3.07. The van der Waals surface area contributed by atoms with Gasteiger partial charge in [-0.05, 0) is 25.7 Å². The van der Waals surface area contributed by atoms with E-state index in [4.69, 9.17) is 5.11 Å². The predicted octanol–water partition coefficient (Wildman–Crippen LogP) is 3.00. The molecular weight excluding hydrogens is 264 g/mol. The number of nitrogens with one attached hydrogen (secondary N) is 2. The zero-order valence-corrected chi connectivity index (χ0v) is 12.0. The standard InChI is InChI=1S/C14H23F2N3O/c1-3-5-10(6-7-20)9-18-14-12(16)8-11(15)13(19-14)17-4-2/h8,10,20H,3-7,9H2,1-2H3,(H2,17,18,19). The summed E-state index contributed by atoms with van der Waals surface area (Å²) in [7, 11) is 0. The molecule has 1 heterocycles. The summed E-state index contributed by atoms with van der Waals surface area (Å²) in [6, 6.07) is 0.828. The molecule has 3 N–H and O–H groups in total. The number of rotatable bonds is 9. The fourth-order valence-electron chi connectivity index (χ4n) is 2.06. The van der Waals surface area contributed by atoms with E-state index in [0.717, 1.165) is 18.9 Å². The quantitative estimate of drug-likeness (QED) is 0.653. The molecule has 1 atom stereocenters. The second-order valence-corrected chi connectivity index (χ2v) is 4.73. The Hall–Kier alpha value is -1.43. The molecule has 0 aliphatic carbocycles. The van der Waals surface area contributed by atoms with Crippen LogP contribution in [-0.2, 0) is 0 Å². The first-order chi connectivity index (χ1) is 9.62. The van der Waals surface area contributed by atoms with Crippen molar-refractivity contribution in [2.75, 3.05) is 30.3 Å². The Morgan fingerprint density at radius 2 is 1.80 bits per heavy atom. The van der Waals surface area contributed by atoms with Gasteiger partial charge in [-0.1, -0.05) is 13.3 Å². The van der Waals surface area contributed by atoms with Gasteiger partial charge in [-0.2, -0.15) is 0 Å². The average Bonchev–Trinajstić information content (AvgIpc) is 2.41. The SMILES string of the molecule is CCCC(CCO)CNc1nc(NCC)c(F)cc1F. The van der Waals surface area contributed by atoms with E-state index < -0.39 is 11.6 Å². The van der Waals surface area contributed by atoms with Crippen molar-refractivity contribution in [3.05, 3.63) is 17.7 Å². The third-order valence-electron chi connectivity index (χ3n) is 3.07. The molecule has 0 bridgehead atoms. The van der Waals surface area contributed by atoms with E-state index in [-0.39, 0.29) is 24.2 Å². The molecular formula is C14H23F2N3O. The van der Waals surface area contributed by atoms with Gasteiger partial charge in [-0.15, -0.1) is 0 Å². The second-order valence-electron chi connectivity index (χ2n) is 4.73. The molecule has 0 saturated carbocycles. The fourth-order valence-corrected chi connectivity index (χ4v) is 2.06. The molecule has 0 saturated heterocycles. The number of hydrogen-bond donors (Lipinski definition) is 3. The van der Waals surface area contributed by atoms with Gasteiger partial charge in [0.1, 0.15) is 0 Å². The van der Waals surface area contributed by atoms with Gasteiger partial charge in [0.15, 0.2) is 23.3 Å². The van der Waals surface area contributed by atoms with Crippen LogP contribution >= 0.6 is 0 Å². The number of pyridine rings is 1. The molecule has 1 rings (SSSR count). The zero-order chi connectivity index (χ0) is 15.0. The summed E-state index contributed by atoms with van der Waals surface area (Å²) in [5.41, 5.74) is 0. The van der Waals surface area contributed by atoms with Gasteiger partial charge in [-0.25, -0.2) is 13.8 Å². The van der Waals surface area contributed by atoms with Gasteiger partial charge in [0.2, 0.25) is 0 Å². The molecule has 1 aromatic heterocycles. The highest BCUT2D eigenvalue weighted by atomic mass is 19.1. The average molecular weight is 287 g/mol. The van der Waals surface area contributed by atoms with Crippen LogP contribution in [0.5, 0.6) is 0 Å². The molecule has 0 amide bonds. The normalized spacial score (nSPS) is 12.2. The summed E-state index contributed by atoms with van der Waals surface area (Å²) < 4.78 is 27.1. The van der Waals surface area contributed by atoms with E-state index in [0.29, 0.717) is 19.5 Å². The van der Waals surface area contributed by atoms with Gasteiger partial charge in [-0.3, -0.25) is 0 Å². The number of aliphatic hydroxyl groups is 1. The second kappa shape index (κ2) is 8.68. The van der Waals surface area contributed by atoms with Gasteiger partial charge in [0.25, 0.3) is 0 Å². The lowest BCUT2D eigenvalue weighted by atomic mass is 10.0. The molecule has 0 radical (unpaired) electrons. The molecule has 0 fully saturated rings. The highest BCUT2D eigenvalue weighted by Crippen LogP contribution is 2.20. The van der Waals surface area contributed by atoms with Gasteiger partial charge in [0, 0.05) is 25.8 Å². The van der Waals surface area contributed by atoms with E-state index >= 15 is 0 Å². The van der Waals surface area contributed by atoms with E-state index in [9.17, 15) is 8.78 Å². The highest BCUT2D eigenvalue weighted by molar-refractivity contribution is 5.47. The maximum absolute atomic E-state index is 13.7. The first-order valence-electron chi connectivity index (χ1n) is 7.06. The minimum atomic E-state index is -0.705. The smallest absolute Gasteiger partial charge is 0.168 e. The van der Waals surface area contributed by atoms with E-state index in [1.165, 1.54) is 0 Å². The van der Waals surface area contributed by atoms with Crippen LogP contribution in [0.15, 0.2) is 6.07 Å². The van der Waals surface area contributed by atoms with Crippen molar-refractivity contribution in [1.82, 2.24) is 4.98 Å². The van der Waals surface area contributed by atoms with Crippen LogP contribution in [0.1, 0.15) is 33.1 Å². The highest BCUT2D eigenvalue weighted by Gasteiger charge is 2.13. The topological polar surface area (TPSA) is 57.2 Å². The monoisotopic (exact) mass is 287 g/mol. The molecule has 4 nitrogen and oxygen atoms in total. The van der Waals surface area contributed by atoms with E-state index in [1.807, 2.05) is 6.92 Å². The van der Waals surface area contributed by atoms with Crippen LogP contribution in [0.4, 0.5) is 20.4 Å². The Bertz CT molecular complexity index is 410. The van der Waals surface area contributed by atoms with E-state index in [2.05, 4.69) is 22.5 Å². The summed E-state index contributed by atoms with van der Waals surface area (Å²) >= 11 is 0. The minimum Gasteiger partial charge on any atom is -0.396 e. The molecule has 0 aromatic carbocycles. The number of aliphatic hydroxyl groups excluding tert-OH is 1. The number of nitrogens with zero attached hydrogens (tertiary/aromatic N) is 1. The molecule has 114 valence electrons. The van der Waals surface area contributed by atoms with Crippen molar-refractivity contribution in [2.24, 2.45) is 5.92 Å². The van der Waals surface area contributed by atoms with Crippen LogP contribution in [0.3, 0.4) is 0 Å². The van der Waals surface area contributed by atoms with Crippen molar-refractivity contribution >= 4 is 11.6 Å². The Labute approximate surface area is 118 Å². The molecule has 0 spiro atoms. The van der Waals surface area contributed by atoms with Crippen molar-refractivity contribution in [2.45, 2.75) is 33.1 Å². The van der Waals surface area contributed by atoms with Crippen molar-refractivity contribution < 1.29 is 13.9 Å². The first kappa shape index (κ1) is 16.6. The Morgan fingerprint density at radius 3 is 2.35 bits per heavy atom. The van der Waals surface area contributed by atoms with Gasteiger partial charge >= 0.3 is 0 Å². The molecule has 20 heavy (non-hydrogen) atoms. The predicted molar refractivity (Wildman–Crippen MR) is 76.9 cm³/mol. The molecule has 0 aliphatic rings. The van der Waals surface area contributed by atoms with Crippen LogP contribution in [0, 0.1) is 17.6 Å². The molecule has 6 heteroatoms. The zero-order valence-electron chi connectivity index (χ0n) is 12.0. The maximum atomic E-state index is 13.7. The van der Waals surface area contributed by atoms with Crippen molar-refractivity contribution in [3.8, 4) is 0 Å². The van der Waals surface area contributed by atoms with Crippen LogP contribution < -0.4 is 10.6 Å². The number of anilines is 2. The first-order valence-corrected chi connectivity index (χ1v) is 7.06. The van der Waals surface area contributed by atoms with E-state index in [1.54, 1.807) is 0 Å². The third kappa shape index (κ3) is 4.92. The minimum absolute atomic E-state index is 0.0430. The molecule has 0 aliphatic heterocycles. The van der Waals surface area contributed by atoms with Gasteiger partial charge < -0.3 is 15.7 Å². The lowest BCUT2D eigenvalue weighted by Crippen LogP contribution is -2.18. The summed E-state index contributed by atoms with van der Waals surface area (Å²) in [5, 5.41) is 14.6. The Balaban J connectivity index is 2.72. The van der Waals surface area contributed by atoms with Crippen molar-refractivity contribution in [1.29, 1.82) is 0 Å². The summed E-state index contributed by atoms with van der Waals surface area (Å²) in [6.07, 6.45) is 2.59. The Morgan fingerprint density at radius 1 is 1.15 bits per heavy atom.